The number of nitrogens with one attached hydrogen (secondary N) is 1. The van der Waals surface area contributed by atoms with E-state index in [2.05, 4.69) is 11.1 Å². The molecule has 136 valence electrons. The molecular weight excluding hydrogens is 332 g/mol. The lowest BCUT2D eigenvalue weighted by Crippen LogP contribution is -2.69. The molecule has 0 heterocycles. The lowest BCUT2D eigenvalue weighted by atomic mass is 10.1. The standard InChI is InChI=1S/C16H26N2O5S/c1-16(2)8-10(16)13(19)18-12(15(22)23)6-4-3-5-7-24-9-11(17)14(20)21/h6,10-11H,3-5,7-9,17H2,1-2H3,(H,18,19)(H,20,21)(H,22,23)/p-1/b12-6-/t10-,11+/m0/s1. The topological polar surface area (TPSA) is 137 Å². The maximum Gasteiger partial charge on any atom is 0.228 e. The monoisotopic (exact) mass is 357 g/mol. The van der Waals surface area contributed by atoms with Gasteiger partial charge in [0.25, 0.3) is 0 Å². The Balaban J connectivity index is 2.25. The van der Waals surface area contributed by atoms with Gasteiger partial charge in [-0.2, -0.15) is 11.8 Å². The van der Waals surface area contributed by atoms with Crippen molar-refractivity contribution in [2.24, 2.45) is 11.3 Å². The summed E-state index contributed by atoms with van der Waals surface area (Å²) in [6.45, 7) is 3.93. The SMILES string of the molecule is CC1(C)C[C@H]1C(=O)N/C(=C\CCCCSC[C@@H]([NH3+])C(=O)[O-])C(=O)[O-]. The van der Waals surface area contributed by atoms with Gasteiger partial charge in [0.2, 0.25) is 5.91 Å². The van der Waals surface area contributed by atoms with Crippen molar-refractivity contribution in [1.29, 1.82) is 0 Å². The molecule has 8 heteroatoms. The lowest BCUT2D eigenvalue weighted by Gasteiger charge is -2.12. The number of amides is 1. The van der Waals surface area contributed by atoms with E-state index in [1.807, 2.05) is 13.8 Å². The largest absolute Gasteiger partial charge is 0.544 e. The van der Waals surface area contributed by atoms with E-state index in [0.29, 0.717) is 12.2 Å². The van der Waals surface area contributed by atoms with Crippen LogP contribution in [0.2, 0.25) is 0 Å². The van der Waals surface area contributed by atoms with Gasteiger partial charge in [0, 0.05) is 5.92 Å². The molecule has 0 aliphatic heterocycles. The van der Waals surface area contributed by atoms with Crippen LogP contribution in [0.15, 0.2) is 11.8 Å². The molecule has 4 N–H and O–H groups in total. The van der Waals surface area contributed by atoms with E-state index in [0.717, 1.165) is 25.0 Å². The molecule has 0 bridgehead atoms. The van der Waals surface area contributed by atoms with Gasteiger partial charge in [-0.25, -0.2) is 0 Å². The summed E-state index contributed by atoms with van der Waals surface area (Å²) in [5.74, 6) is -1.79. The molecule has 1 aliphatic rings. The number of carbonyl (C=O) groups excluding carboxylic acids is 3. The smallest absolute Gasteiger partial charge is 0.228 e. The molecule has 0 unspecified atom stereocenters. The second kappa shape index (κ2) is 9.08. The molecule has 1 aliphatic carbocycles. The van der Waals surface area contributed by atoms with Crippen LogP contribution in [-0.2, 0) is 14.4 Å². The summed E-state index contributed by atoms with van der Waals surface area (Å²) in [5.41, 5.74) is 3.23. The number of carboxylic acid groups (broad SMARTS) is 2. The van der Waals surface area contributed by atoms with Gasteiger partial charge in [0.1, 0.15) is 6.04 Å². The Kier molecular flexibility index (Phi) is 7.75. The van der Waals surface area contributed by atoms with Crippen LogP contribution in [0.1, 0.15) is 39.5 Å². The highest BCUT2D eigenvalue weighted by Gasteiger charge is 2.50. The summed E-state index contributed by atoms with van der Waals surface area (Å²) in [6.07, 6.45) is 4.28. The fraction of sp³-hybridized carbons (Fsp3) is 0.688. The zero-order valence-electron chi connectivity index (χ0n) is 14.1. The van der Waals surface area contributed by atoms with Gasteiger partial charge in [-0.15, -0.1) is 0 Å². The normalized spacial score (nSPS) is 20.3. The maximum atomic E-state index is 11.9. The predicted molar refractivity (Wildman–Crippen MR) is 86.0 cm³/mol. The fourth-order valence-electron chi connectivity index (χ4n) is 2.21. The van der Waals surface area contributed by atoms with Gasteiger partial charge in [0.15, 0.2) is 0 Å². The van der Waals surface area contributed by atoms with Crippen molar-refractivity contribution in [2.75, 3.05) is 11.5 Å². The molecular formula is C16H25N2O5S-. The summed E-state index contributed by atoms with van der Waals surface area (Å²) in [5, 5.41) is 24.0. The average Bonchev–Trinajstić information content (AvgIpc) is 3.13. The van der Waals surface area contributed by atoms with Crippen LogP contribution >= 0.6 is 11.8 Å². The second-order valence-corrected chi connectivity index (χ2v) is 7.88. The molecule has 2 atom stereocenters. The van der Waals surface area contributed by atoms with Gasteiger partial charge >= 0.3 is 0 Å². The number of carbonyl (C=O) groups is 3. The highest BCUT2D eigenvalue weighted by Crippen LogP contribution is 2.51. The molecule has 0 aromatic heterocycles. The third-order valence-electron chi connectivity index (χ3n) is 4.05. The first kappa shape index (κ1) is 20.5. The highest BCUT2D eigenvalue weighted by molar-refractivity contribution is 7.99. The van der Waals surface area contributed by atoms with E-state index >= 15 is 0 Å². The van der Waals surface area contributed by atoms with Crippen LogP contribution < -0.4 is 21.3 Å². The second-order valence-electron chi connectivity index (χ2n) is 6.73. The number of carboxylic acids is 2. The first-order valence-corrected chi connectivity index (χ1v) is 9.14. The van der Waals surface area contributed by atoms with Crippen molar-refractivity contribution in [1.82, 2.24) is 5.32 Å². The predicted octanol–water partition coefficient (Wildman–Crippen LogP) is -1.95. The van der Waals surface area contributed by atoms with Crippen molar-refractivity contribution in [3.05, 3.63) is 11.8 Å². The lowest BCUT2D eigenvalue weighted by molar-refractivity contribution is -0.431. The molecule has 1 saturated carbocycles. The molecule has 0 spiro atoms. The first-order valence-electron chi connectivity index (χ1n) is 7.99. The quantitative estimate of drug-likeness (QED) is 0.326. The Morgan fingerprint density at radius 2 is 1.96 bits per heavy atom. The third kappa shape index (κ3) is 6.92. The van der Waals surface area contributed by atoms with E-state index in [9.17, 15) is 24.6 Å². The van der Waals surface area contributed by atoms with E-state index in [4.69, 9.17) is 0 Å². The minimum Gasteiger partial charge on any atom is -0.544 e. The van der Waals surface area contributed by atoms with Crippen molar-refractivity contribution >= 4 is 29.6 Å². The van der Waals surface area contributed by atoms with Crippen molar-refractivity contribution in [3.8, 4) is 0 Å². The van der Waals surface area contributed by atoms with Crippen LogP contribution in [0.25, 0.3) is 0 Å². The number of thioether (sulfide) groups is 1. The molecule has 0 saturated heterocycles. The highest BCUT2D eigenvalue weighted by atomic mass is 32.2. The number of rotatable bonds is 11. The van der Waals surface area contributed by atoms with Crippen molar-refractivity contribution < 1.29 is 30.3 Å². The zero-order valence-corrected chi connectivity index (χ0v) is 14.9. The molecule has 1 amide bonds. The van der Waals surface area contributed by atoms with Gasteiger partial charge in [-0.3, -0.25) is 4.79 Å². The molecule has 0 aromatic rings. The molecule has 24 heavy (non-hydrogen) atoms. The number of hydrogen-bond donors (Lipinski definition) is 2. The molecule has 0 aromatic carbocycles. The van der Waals surface area contributed by atoms with Crippen LogP contribution in [0.4, 0.5) is 0 Å². The number of unbranched alkanes of at least 4 members (excludes halogenated alkanes) is 2. The number of allylic oxidation sites excluding steroid dienone is 1. The number of aliphatic carboxylic acids is 2. The van der Waals surface area contributed by atoms with Gasteiger partial charge in [-0.1, -0.05) is 19.9 Å². The Bertz CT molecular complexity index is 519. The van der Waals surface area contributed by atoms with Gasteiger partial charge < -0.3 is 30.9 Å². The van der Waals surface area contributed by atoms with E-state index in [1.54, 1.807) is 0 Å². The first-order chi connectivity index (χ1) is 11.1. The summed E-state index contributed by atoms with van der Waals surface area (Å²) in [4.78, 5) is 33.5. The van der Waals surface area contributed by atoms with Crippen LogP contribution in [-0.4, -0.2) is 35.4 Å². The minimum absolute atomic E-state index is 0.0597. The third-order valence-corrected chi connectivity index (χ3v) is 5.27. The maximum absolute atomic E-state index is 11.9. The summed E-state index contributed by atoms with van der Waals surface area (Å²) < 4.78 is 0. The Morgan fingerprint density at radius 1 is 1.33 bits per heavy atom. The minimum atomic E-state index is -1.38. The van der Waals surface area contributed by atoms with Crippen LogP contribution in [0.5, 0.6) is 0 Å². The van der Waals surface area contributed by atoms with Gasteiger partial charge in [0.05, 0.1) is 23.4 Å². The Hall–Kier alpha value is -1.54. The van der Waals surface area contributed by atoms with Gasteiger partial charge in [-0.05, 0) is 36.9 Å². The van der Waals surface area contributed by atoms with Crippen LogP contribution in [0.3, 0.4) is 0 Å². The molecule has 0 radical (unpaired) electrons. The summed E-state index contributed by atoms with van der Waals surface area (Å²) in [6, 6.07) is -0.721. The summed E-state index contributed by atoms with van der Waals surface area (Å²) in [7, 11) is 0. The number of quaternary nitrogens is 1. The van der Waals surface area contributed by atoms with E-state index in [-0.39, 0.29) is 22.9 Å². The Morgan fingerprint density at radius 3 is 2.46 bits per heavy atom. The van der Waals surface area contributed by atoms with Crippen molar-refractivity contribution in [3.63, 3.8) is 0 Å². The average molecular weight is 357 g/mol. The molecule has 1 fully saturated rings. The fourth-order valence-corrected chi connectivity index (χ4v) is 3.20. The van der Waals surface area contributed by atoms with Crippen molar-refractivity contribution in [2.45, 2.75) is 45.6 Å². The summed E-state index contributed by atoms with van der Waals surface area (Å²) >= 11 is 1.47. The van der Waals surface area contributed by atoms with E-state index in [1.165, 1.54) is 17.8 Å². The Labute approximate surface area is 146 Å². The van der Waals surface area contributed by atoms with E-state index < -0.39 is 18.0 Å². The molecule has 1 rings (SSSR count). The molecule has 7 nitrogen and oxygen atoms in total. The number of hydrogen-bond acceptors (Lipinski definition) is 6. The van der Waals surface area contributed by atoms with Crippen LogP contribution in [0, 0.1) is 11.3 Å². The zero-order chi connectivity index (χ0) is 18.3.